The van der Waals surface area contributed by atoms with Crippen LogP contribution in [-0.4, -0.2) is 59.6 Å². The molecule has 0 aromatic heterocycles. The minimum Gasteiger partial charge on any atom is -0.314 e. The van der Waals surface area contributed by atoms with Crippen LogP contribution in [0.3, 0.4) is 0 Å². The smallest absolute Gasteiger partial charge is 0.0314 e. The van der Waals surface area contributed by atoms with Gasteiger partial charge in [-0.2, -0.15) is 0 Å². The number of hydrogen-bond acceptors (Lipinski definition) is 3. The average molecular weight is 239 g/mol. The van der Waals surface area contributed by atoms with Crippen molar-refractivity contribution in [2.24, 2.45) is 0 Å². The SMILES string of the molecule is CC(C)(C)N1CCC(N2CCNCC2)C1(C)C. The Morgan fingerprint density at radius 3 is 2.12 bits per heavy atom. The molecule has 2 heterocycles. The third kappa shape index (κ3) is 2.51. The molecule has 3 nitrogen and oxygen atoms in total. The normalized spacial score (nSPS) is 31.9. The van der Waals surface area contributed by atoms with Crippen LogP contribution in [0.4, 0.5) is 0 Å². The highest BCUT2D eigenvalue weighted by atomic mass is 15.3. The molecule has 0 aliphatic carbocycles. The third-order valence-electron chi connectivity index (χ3n) is 4.54. The Kier molecular flexibility index (Phi) is 3.54. The molecule has 2 rings (SSSR count). The molecule has 0 spiro atoms. The van der Waals surface area contributed by atoms with Crippen molar-refractivity contribution in [2.75, 3.05) is 32.7 Å². The van der Waals surface area contributed by atoms with Crippen LogP contribution in [0.1, 0.15) is 41.0 Å². The molecule has 1 atom stereocenters. The van der Waals surface area contributed by atoms with Gasteiger partial charge in [-0.1, -0.05) is 0 Å². The Balaban J connectivity index is 2.10. The van der Waals surface area contributed by atoms with Crippen LogP contribution in [0, 0.1) is 0 Å². The first-order chi connectivity index (χ1) is 7.83. The fourth-order valence-electron chi connectivity index (χ4n) is 3.90. The molecular weight excluding hydrogens is 210 g/mol. The molecule has 17 heavy (non-hydrogen) atoms. The molecule has 0 radical (unpaired) electrons. The standard InChI is InChI=1S/C14H29N3/c1-13(2,3)17-9-6-12(14(17,4)5)16-10-7-15-8-11-16/h12,15H,6-11H2,1-5H3. The molecule has 0 saturated carbocycles. The summed E-state index contributed by atoms with van der Waals surface area (Å²) in [5.74, 6) is 0. The quantitative estimate of drug-likeness (QED) is 0.749. The Bertz CT molecular complexity index is 261. The van der Waals surface area contributed by atoms with Gasteiger partial charge in [0, 0.05) is 49.8 Å². The van der Waals surface area contributed by atoms with Crippen LogP contribution in [0.2, 0.25) is 0 Å². The molecule has 2 aliphatic rings. The van der Waals surface area contributed by atoms with Gasteiger partial charge < -0.3 is 5.32 Å². The maximum atomic E-state index is 3.45. The maximum absolute atomic E-state index is 3.45. The molecular formula is C14H29N3. The molecule has 1 N–H and O–H groups in total. The van der Waals surface area contributed by atoms with Crippen molar-refractivity contribution in [1.82, 2.24) is 15.1 Å². The Morgan fingerprint density at radius 2 is 1.65 bits per heavy atom. The lowest BCUT2D eigenvalue weighted by molar-refractivity contribution is 0.0201. The first-order valence-electron chi connectivity index (χ1n) is 7.06. The number of nitrogens with one attached hydrogen (secondary N) is 1. The van der Waals surface area contributed by atoms with Gasteiger partial charge in [0.2, 0.25) is 0 Å². The Morgan fingerprint density at radius 1 is 1.06 bits per heavy atom. The first kappa shape index (κ1) is 13.3. The van der Waals surface area contributed by atoms with Gasteiger partial charge in [-0.3, -0.25) is 9.80 Å². The lowest BCUT2D eigenvalue weighted by Crippen LogP contribution is -2.60. The van der Waals surface area contributed by atoms with E-state index in [4.69, 9.17) is 0 Å². The fourth-order valence-corrected chi connectivity index (χ4v) is 3.90. The molecule has 0 bridgehead atoms. The zero-order valence-corrected chi connectivity index (χ0v) is 12.2. The van der Waals surface area contributed by atoms with E-state index in [9.17, 15) is 0 Å². The number of rotatable bonds is 1. The van der Waals surface area contributed by atoms with E-state index in [2.05, 4.69) is 49.7 Å². The number of likely N-dealkylation sites (tertiary alicyclic amines) is 1. The van der Waals surface area contributed by atoms with E-state index in [1.54, 1.807) is 0 Å². The van der Waals surface area contributed by atoms with E-state index in [0.717, 1.165) is 19.1 Å². The van der Waals surface area contributed by atoms with Crippen LogP contribution in [0.5, 0.6) is 0 Å². The molecule has 100 valence electrons. The summed E-state index contributed by atoms with van der Waals surface area (Å²) in [5.41, 5.74) is 0.585. The van der Waals surface area contributed by atoms with Gasteiger partial charge in [-0.15, -0.1) is 0 Å². The second-order valence-corrected chi connectivity index (χ2v) is 7.07. The van der Waals surface area contributed by atoms with E-state index in [1.165, 1.54) is 26.1 Å². The second kappa shape index (κ2) is 4.52. The van der Waals surface area contributed by atoms with Crippen LogP contribution in [0.25, 0.3) is 0 Å². The van der Waals surface area contributed by atoms with Gasteiger partial charge >= 0.3 is 0 Å². The minimum atomic E-state index is 0.284. The zero-order chi connectivity index (χ0) is 12.7. The minimum absolute atomic E-state index is 0.284. The number of hydrogen-bond donors (Lipinski definition) is 1. The summed E-state index contributed by atoms with van der Waals surface area (Å²) in [6.45, 7) is 17.9. The van der Waals surface area contributed by atoms with Crippen molar-refractivity contribution in [1.29, 1.82) is 0 Å². The van der Waals surface area contributed by atoms with Crippen LogP contribution in [0.15, 0.2) is 0 Å². The number of nitrogens with zero attached hydrogens (tertiary/aromatic N) is 2. The largest absolute Gasteiger partial charge is 0.314 e. The third-order valence-corrected chi connectivity index (χ3v) is 4.54. The zero-order valence-electron chi connectivity index (χ0n) is 12.2. The van der Waals surface area contributed by atoms with Gasteiger partial charge in [0.05, 0.1) is 0 Å². The van der Waals surface area contributed by atoms with E-state index in [1.807, 2.05) is 0 Å². The van der Waals surface area contributed by atoms with Crippen LogP contribution in [-0.2, 0) is 0 Å². The fraction of sp³-hybridized carbons (Fsp3) is 1.00. The lowest BCUT2D eigenvalue weighted by atomic mass is 9.90. The van der Waals surface area contributed by atoms with Crippen molar-refractivity contribution < 1.29 is 0 Å². The van der Waals surface area contributed by atoms with E-state index in [-0.39, 0.29) is 5.54 Å². The summed E-state index contributed by atoms with van der Waals surface area (Å²) in [4.78, 5) is 5.38. The summed E-state index contributed by atoms with van der Waals surface area (Å²) in [6.07, 6.45) is 1.32. The molecule has 1 unspecified atom stereocenters. The molecule has 3 heteroatoms. The van der Waals surface area contributed by atoms with E-state index >= 15 is 0 Å². The highest BCUT2D eigenvalue weighted by Crippen LogP contribution is 2.37. The summed E-state index contributed by atoms with van der Waals surface area (Å²) < 4.78 is 0. The van der Waals surface area contributed by atoms with Crippen molar-refractivity contribution >= 4 is 0 Å². The Labute approximate surface area is 107 Å². The maximum Gasteiger partial charge on any atom is 0.0314 e. The average Bonchev–Trinajstić information content (AvgIpc) is 2.54. The molecule has 2 fully saturated rings. The van der Waals surface area contributed by atoms with E-state index < -0.39 is 0 Å². The van der Waals surface area contributed by atoms with Crippen LogP contribution >= 0.6 is 0 Å². The van der Waals surface area contributed by atoms with Gasteiger partial charge in [-0.25, -0.2) is 0 Å². The topological polar surface area (TPSA) is 18.5 Å². The first-order valence-corrected chi connectivity index (χ1v) is 7.06. The van der Waals surface area contributed by atoms with Crippen molar-refractivity contribution in [3.63, 3.8) is 0 Å². The summed E-state index contributed by atoms with van der Waals surface area (Å²) in [7, 11) is 0. The van der Waals surface area contributed by atoms with E-state index in [0.29, 0.717) is 5.54 Å². The van der Waals surface area contributed by atoms with Crippen LogP contribution < -0.4 is 5.32 Å². The van der Waals surface area contributed by atoms with Gasteiger partial charge in [-0.05, 0) is 41.0 Å². The van der Waals surface area contributed by atoms with Gasteiger partial charge in [0.1, 0.15) is 0 Å². The Hall–Kier alpha value is -0.120. The lowest BCUT2D eigenvalue weighted by Gasteiger charge is -2.47. The van der Waals surface area contributed by atoms with Gasteiger partial charge in [0.25, 0.3) is 0 Å². The molecule has 0 aromatic carbocycles. The molecule has 0 aromatic rings. The predicted molar refractivity (Wildman–Crippen MR) is 73.4 cm³/mol. The van der Waals surface area contributed by atoms with Crippen molar-refractivity contribution in [3.8, 4) is 0 Å². The molecule has 2 saturated heterocycles. The summed E-state index contributed by atoms with van der Waals surface area (Å²) in [5, 5.41) is 3.45. The highest BCUT2D eigenvalue weighted by molar-refractivity contribution is 5.05. The predicted octanol–water partition coefficient (Wildman–Crippen LogP) is 1.54. The summed E-state index contributed by atoms with van der Waals surface area (Å²) >= 11 is 0. The second-order valence-electron chi connectivity index (χ2n) is 7.07. The van der Waals surface area contributed by atoms with Crippen molar-refractivity contribution in [2.45, 2.75) is 58.2 Å². The number of piperazine rings is 1. The molecule has 0 amide bonds. The summed E-state index contributed by atoms with van der Waals surface area (Å²) in [6, 6.07) is 0.726. The molecule has 2 aliphatic heterocycles. The highest BCUT2D eigenvalue weighted by Gasteiger charge is 2.47. The monoisotopic (exact) mass is 239 g/mol. The van der Waals surface area contributed by atoms with Gasteiger partial charge in [0.15, 0.2) is 0 Å². The van der Waals surface area contributed by atoms with Crippen molar-refractivity contribution in [3.05, 3.63) is 0 Å².